The number of hydrogen-bond acceptors (Lipinski definition) is 4. The van der Waals surface area contributed by atoms with E-state index in [9.17, 15) is 4.79 Å². The second kappa shape index (κ2) is 2.79. The molecule has 2 aromatic heterocycles. The molecule has 7 nitrogen and oxygen atoms in total. The van der Waals surface area contributed by atoms with Crippen LogP contribution in [0.25, 0.3) is 5.95 Å². The van der Waals surface area contributed by atoms with Crippen LogP contribution in [0.15, 0.2) is 4.79 Å². The van der Waals surface area contributed by atoms with E-state index in [0.29, 0.717) is 17.6 Å². The maximum absolute atomic E-state index is 11.4. The highest BCUT2D eigenvalue weighted by Crippen LogP contribution is 2.01. The third-order valence-corrected chi connectivity index (χ3v) is 1.89. The van der Waals surface area contributed by atoms with E-state index in [0.717, 1.165) is 0 Å². The molecule has 0 aromatic carbocycles. The molecular weight excluding hydrogens is 184 g/mol. The Morgan fingerprint density at radius 3 is 2.50 bits per heavy atom. The van der Waals surface area contributed by atoms with Crippen molar-refractivity contribution >= 4 is 0 Å². The van der Waals surface area contributed by atoms with Crippen molar-refractivity contribution in [1.82, 2.24) is 29.5 Å². The zero-order chi connectivity index (χ0) is 10.3. The molecule has 0 unspecified atom stereocenters. The van der Waals surface area contributed by atoms with Gasteiger partial charge in [0.2, 0.25) is 5.95 Å². The van der Waals surface area contributed by atoms with E-state index >= 15 is 0 Å². The third-order valence-electron chi connectivity index (χ3n) is 1.89. The molecule has 14 heavy (non-hydrogen) atoms. The van der Waals surface area contributed by atoms with Crippen LogP contribution in [0.4, 0.5) is 0 Å². The fraction of sp³-hybridized carbons (Fsp3) is 0.429. The Morgan fingerprint density at radius 2 is 2.07 bits per heavy atom. The monoisotopic (exact) mass is 194 g/mol. The lowest BCUT2D eigenvalue weighted by molar-refractivity contribution is 0.703. The van der Waals surface area contributed by atoms with Gasteiger partial charge < -0.3 is 0 Å². The molecule has 0 saturated heterocycles. The van der Waals surface area contributed by atoms with Gasteiger partial charge in [0.1, 0.15) is 11.6 Å². The number of H-pyrrole nitrogens is 1. The normalized spacial score (nSPS) is 10.8. The fourth-order valence-electron chi connectivity index (χ4n) is 1.31. The standard InChI is InChI=1S/C7H10N6O/c1-4-8-6(12(3)11-4)13-5(2)9-10-7(13)14/h1-3H3,(H,10,14). The maximum Gasteiger partial charge on any atom is 0.350 e. The smallest absolute Gasteiger partial charge is 0.246 e. The van der Waals surface area contributed by atoms with Crippen LogP contribution in [0.1, 0.15) is 11.6 Å². The Labute approximate surface area is 79.4 Å². The highest BCUT2D eigenvalue weighted by molar-refractivity contribution is 5.13. The largest absolute Gasteiger partial charge is 0.350 e. The Balaban J connectivity index is 2.71. The van der Waals surface area contributed by atoms with Crippen molar-refractivity contribution in [3.63, 3.8) is 0 Å². The second-order valence-corrected chi connectivity index (χ2v) is 2.99. The highest BCUT2D eigenvalue weighted by atomic mass is 16.1. The molecule has 74 valence electrons. The molecule has 0 bridgehead atoms. The van der Waals surface area contributed by atoms with Gasteiger partial charge in [-0.05, 0) is 13.8 Å². The number of aromatic nitrogens is 6. The number of nitrogens with one attached hydrogen (secondary N) is 1. The molecule has 0 radical (unpaired) electrons. The molecule has 2 rings (SSSR count). The lowest BCUT2D eigenvalue weighted by Gasteiger charge is -1.98. The van der Waals surface area contributed by atoms with Crippen molar-refractivity contribution in [1.29, 1.82) is 0 Å². The van der Waals surface area contributed by atoms with Gasteiger partial charge in [0.05, 0.1) is 0 Å². The first-order chi connectivity index (χ1) is 6.59. The van der Waals surface area contributed by atoms with E-state index < -0.39 is 0 Å². The predicted molar refractivity (Wildman–Crippen MR) is 48.2 cm³/mol. The Morgan fingerprint density at radius 1 is 1.36 bits per heavy atom. The Kier molecular flexibility index (Phi) is 1.73. The molecule has 0 amide bonds. The molecule has 0 fully saturated rings. The molecule has 0 atom stereocenters. The minimum absolute atomic E-state index is 0.307. The van der Waals surface area contributed by atoms with E-state index in [2.05, 4.69) is 20.3 Å². The first-order valence-electron chi connectivity index (χ1n) is 4.11. The summed E-state index contributed by atoms with van der Waals surface area (Å²) in [6, 6.07) is 0. The van der Waals surface area contributed by atoms with Crippen LogP contribution >= 0.6 is 0 Å². The molecule has 0 aliphatic rings. The van der Waals surface area contributed by atoms with Crippen molar-refractivity contribution in [2.75, 3.05) is 0 Å². The van der Waals surface area contributed by atoms with E-state index in [4.69, 9.17) is 0 Å². The van der Waals surface area contributed by atoms with E-state index in [1.807, 2.05) is 0 Å². The lowest BCUT2D eigenvalue weighted by Crippen LogP contribution is -2.19. The summed E-state index contributed by atoms with van der Waals surface area (Å²) < 4.78 is 2.92. The SMILES string of the molecule is Cc1nc(-n2c(C)n[nH]c2=O)n(C)n1. The Hall–Kier alpha value is -1.92. The molecule has 7 heteroatoms. The topological polar surface area (TPSA) is 81.4 Å². The van der Waals surface area contributed by atoms with Gasteiger partial charge in [0, 0.05) is 7.05 Å². The van der Waals surface area contributed by atoms with Gasteiger partial charge in [-0.15, -0.1) is 0 Å². The maximum atomic E-state index is 11.4. The quantitative estimate of drug-likeness (QED) is 0.651. The van der Waals surface area contributed by atoms with Crippen molar-refractivity contribution in [3.8, 4) is 5.95 Å². The van der Waals surface area contributed by atoms with Gasteiger partial charge >= 0.3 is 5.69 Å². The van der Waals surface area contributed by atoms with Crippen molar-refractivity contribution in [2.45, 2.75) is 13.8 Å². The van der Waals surface area contributed by atoms with Gasteiger partial charge in [-0.25, -0.2) is 19.1 Å². The molecule has 0 aliphatic heterocycles. The number of hydrogen-bond donors (Lipinski definition) is 1. The molecule has 2 heterocycles. The molecule has 0 saturated carbocycles. The molecular formula is C7H10N6O. The van der Waals surface area contributed by atoms with Crippen LogP contribution < -0.4 is 5.69 Å². The predicted octanol–water partition coefficient (Wildman–Crippen LogP) is -0.694. The minimum Gasteiger partial charge on any atom is -0.246 e. The summed E-state index contributed by atoms with van der Waals surface area (Å²) in [4.78, 5) is 15.5. The van der Waals surface area contributed by atoms with Crippen LogP contribution in [0.2, 0.25) is 0 Å². The van der Waals surface area contributed by atoms with Crippen LogP contribution in [0.3, 0.4) is 0 Å². The first kappa shape index (κ1) is 8.67. The number of rotatable bonds is 1. The zero-order valence-electron chi connectivity index (χ0n) is 8.14. The zero-order valence-corrected chi connectivity index (χ0v) is 8.14. The average Bonchev–Trinajstić information content (AvgIpc) is 2.57. The number of nitrogens with zero attached hydrogens (tertiary/aromatic N) is 5. The first-order valence-corrected chi connectivity index (χ1v) is 4.11. The summed E-state index contributed by atoms with van der Waals surface area (Å²) >= 11 is 0. The molecule has 0 spiro atoms. The summed E-state index contributed by atoms with van der Waals surface area (Å²) in [6.45, 7) is 3.49. The third kappa shape index (κ3) is 1.13. The highest BCUT2D eigenvalue weighted by Gasteiger charge is 2.12. The van der Waals surface area contributed by atoms with Crippen LogP contribution in [-0.2, 0) is 7.05 Å². The van der Waals surface area contributed by atoms with Gasteiger partial charge in [0.25, 0.3) is 0 Å². The Bertz CT molecular complexity index is 519. The second-order valence-electron chi connectivity index (χ2n) is 2.99. The number of aryl methyl sites for hydroxylation is 3. The summed E-state index contributed by atoms with van der Waals surface area (Å²) in [5.41, 5.74) is -0.307. The van der Waals surface area contributed by atoms with Gasteiger partial charge in [0.15, 0.2) is 0 Å². The fourth-order valence-corrected chi connectivity index (χ4v) is 1.31. The molecule has 0 aliphatic carbocycles. The molecule has 1 N–H and O–H groups in total. The van der Waals surface area contributed by atoms with E-state index in [1.165, 1.54) is 4.57 Å². The summed E-state index contributed by atoms with van der Waals surface area (Å²) in [7, 11) is 1.73. The lowest BCUT2D eigenvalue weighted by atomic mass is 10.7. The van der Waals surface area contributed by atoms with Gasteiger partial charge in [-0.1, -0.05) is 0 Å². The van der Waals surface area contributed by atoms with Crippen LogP contribution in [0.5, 0.6) is 0 Å². The average molecular weight is 194 g/mol. The van der Waals surface area contributed by atoms with E-state index in [-0.39, 0.29) is 5.69 Å². The van der Waals surface area contributed by atoms with Crippen molar-refractivity contribution in [2.24, 2.45) is 7.05 Å². The van der Waals surface area contributed by atoms with Crippen molar-refractivity contribution < 1.29 is 0 Å². The van der Waals surface area contributed by atoms with E-state index in [1.54, 1.807) is 25.6 Å². The minimum atomic E-state index is -0.307. The number of aromatic amines is 1. The summed E-state index contributed by atoms with van der Waals surface area (Å²) in [6.07, 6.45) is 0. The van der Waals surface area contributed by atoms with Crippen LogP contribution in [-0.4, -0.2) is 29.5 Å². The molecule has 2 aromatic rings. The van der Waals surface area contributed by atoms with Crippen molar-refractivity contribution in [3.05, 3.63) is 22.1 Å². The summed E-state index contributed by atoms with van der Waals surface area (Å²) in [5, 5.41) is 10.2. The van der Waals surface area contributed by atoms with Crippen LogP contribution in [0, 0.1) is 13.8 Å². The van der Waals surface area contributed by atoms with Gasteiger partial charge in [-0.2, -0.15) is 15.2 Å². The van der Waals surface area contributed by atoms with Gasteiger partial charge in [-0.3, -0.25) is 0 Å². The summed E-state index contributed by atoms with van der Waals surface area (Å²) in [5.74, 6) is 1.65.